The van der Waals surface area contributed by atoms with E-state index in [0.29, 0.717) is 30.1 Å². The van der Waals surface area contributed by atoms with Crippen molar-refractivity contribution >= 4 is 11.6 Å². The van der Waals surface area contributed by atoms with Gasteiger partial charge in [-0.15, -0.1) is 0 Å². The van der Waals surface area contributed by atoms with Crippen LogP contribution in [-0.2, 0) is 11.3 Å². The SMILES string of the molecule is CN([O-])c1cccc(CN2N(C3C4CC5CC(C4)CC3C5)C(=O)C2(C)C)c1. The fourth-order valence-corrected chi connectivity index (χ4v) is 6.61. The zero-order valence-electron chi connectivity index (χ0n) is 16.6. The summed E-state index contributed by atoms with van der Waals surface area (Å²) in [5.41, 5.74) is 1.29. The lowest BCUT2D eigenvalue weighted by Gasteiger charge is -2.65. The molecule has 0 aromatic heterocycles. The molecule has 6 rings (SSSR count). The Labute approximate surface area is 161 Å². The fraction of sp³-hybridized carbons (Fsp3) is 0.682. The number of nitrogens with zero attached hydrogens (tertiary/aromatic N) is 3. The van der Waals surface area contributed by atoms with E-state index in [4.69, 9.17) is 0 Å². The van der Waals surface area contributed by atoms with Crippen LogP contribution in [0, 0.1) is 28.9 Å². The highest BCUT2D eigenvalue weighted by Crippen LogP contribution is 2.57. The standard InChI is InChI=1S/C22H30N3O2/c1-22(2)21(26)25(20-17-8-15-7-16(10-17)11-18(20)9-15)24(22)13-14-5-4-6-19(12-14)23(3)27/h4-6,12,15-18,20H,7-11,13H2,1-3H3/q-1. The molecule has 0 spiro atoms. The lowest BCUT2D eigenvalue weighted by atomic mass is 9.53. The Balaban J connectivity index is 1.41. The van der Waals surface area contributed by atoms with Crippen LogP contribution in [0.1, 0.15) is 51.5 Å². The van der Waals surface area contributed by atoms with E-state index in [1.807, 2.05) is 32.0 Å². The third-order valence-corrected chi connectivity index (χ3v) is 7.70. The predicted octanol–water partition coefficient (Wildman–Crippen LogP) is 3.78. The highest BCUT2D eigenvalue weighted by Gasteiger charge is 2.60. The molecule has 1 amide bonds. The average Bonchev–Trinajstić information content (AvgIpc) is 2.62. The molecule has 1 saturated heterocycles. The topological polar surface area (TPSA) is 49.9 Å². The summed E-state index contributed by atoms with van der Waals surface area (Å²) in [6.45, 7) is 4.75. The van der Waals surface area contributed by atoms with Crippen LogP contribution in [0.15, 0.2) is 24.3 Å². The molecule has 27 heavy (non-hydrogen) atoms. The molecule has 4 saturated carbocycles. The lowest BCUT2D eigenvalue weighted by molar-refractivity contribution is -0.251. The van der Waals surface area contributed by atoms with E-state index in [1.54, 1.807) is 0 Å². The van der Waals surface area contributed by atoms with E-state index < -0.39 is 5.54 Å². The summed E-state index contributed by atoms with van der Waals surface area (Å²) in [5.74, 6) is 3.46. The molecule has 1 aromatic carbocycles. The number of hydrogen-bond acceptors (Lipinski definition) is 4. The lowest BCUT2D eigenvalue weighted by Crippen LogP contribution is -2.79. The number of carbonyl (C=O) groups is 1. The molecular weight excluding hydrogens is 338 g/mol. The second kappa shape index (κ2) is 5.95. The van der Waals surface area contributed by atoms with Gasteiger partial charge in [-0.05, 0) is 94.4 Å². The normalized spacial score (nSPS) is 36.8. The van der Waals surface area contributed by atoms with Crippen molar-refractivity contribution in [1.82, 2.24) is 10.0 Å². The Morgan fingerprint density at radius 2 is 1.74 bits per heavy atom. The van der Waals surface area contributed by atoms with Crippen LogP contribution >= 0.6 is 0 Å². The van der Waals surface area contributed by atoms with Gasteiger partial charge in [0.1, 0.15) is 5.54 Å². The van der Waals surface area contributed by atoms with Gasteiger partial charge in [-0.25, -0.2) is 0 Å². The first-order chi connectivity index (χ1) is 12.8. The minimum absolute atomic E-state index is 0.275. The highest BCUT2D eigenvalue weighted by atomic mass is 16.5. The van der Waals surface area contributed by atoms with Crippen molar-refractivity contribution in [2.45, 2.75) is 64.1 Å². The largest absolute Gasteiger partial charge is 0.758 e. The van der Waals surface area contributed by atoms with Crippen molar-refractivity contribution in [3.8, 4) is 0 Å². The molecule has 1 aliphatic heterocycles. The fourth-order valence-electron chi connectivity index (χ4n) is 6.61. The minimum atomic E-state index is -0.464. The second-order valence-electron chi connectivity index (χ2n) is 9.86. The number of hydrazine groups is 1. The van der Waals surface area contributed by atoms with Gasteiger partial charge in [-0.3, -0.25) is 9.80 Å². The third-order valence-electron chi connectivity index (χ3n) is 7.70. The smallest absolute Gasteiger partial charge is 0.258 e. The van der Waals surface area contributed by atoms with Gasteiger partial charge < -0.3 is 10.3 Å². The van der Waals surface area contributed by atoms with Gasteiger partial charge in [0.15, 0.2) is 0 Å². The Hall–Kier alpha value is -1.59. The monoisotopic (exact) mass is 368 g/mol. The van der Waals surface area contributed by atoms with Crippen molar-refractivity contribution in [1.29, 1.82) is 0 Å². The maximum absolute atomic E-state index is 13.1. The maximum Gasteiger partial charge on any atom is 0.258 e. The van der Waals surface area contributed by atoms with Crippen molar-refractivity contribution in [3.63, 3.8) is 0 Å². The number of anilines is 1. The van der Waals surface area contributed by atoms with Crippen LogP contribution in [0.3, 0.4) is 0 Å². The number of carbonyl (C=O) groups excluding carboxylic acids is 1. The molecule has 5 nitrogen and oxygen atoms in total. The Bertz CT molecular complexity index is 732. The number of amides is 1. The Morgan fingerprint density at radius 1 is 1.11 bits per heavy atom. The Morgan fingerprint density at radius 3 is 2.33 bits per heavy atom. The summed E-state index contributed by atoms with van der Waals surface area (Å²) in [5, 5.41) is 17.0. The van der Waals surface area contributed by atoms with Gasteiger partial charge in [0.2, 0.25) is 0 Å². The van der Waals surface area contributed by atoms with Gasteiger partial charge in [0, 0.05) is 12.2 Å². The molecule has 0 N–H and O–H groups in total. The van der Waals surface area contributed by atoms with Gasteiger partial charge in [0.25, 0.3) is 5.91 Å². The molecule has 4 aliphatic carbocycles. The summed E-state index contributed by atoms with van der Waals surface area (Å²) in [4.78, 5) is 13.1. The molecule has 0 atom stereocenters. The first-order valence-corrected chi connectivity index (χ1v) is 10.5. The summed E-state index contributed by atoms with van der Waals surface area (Å²) in [6, 6.07) is 8.16. The summed E-state index contributed by atoms with van der Waals surface area (Å²) in [6.07, 6.45) is 6.68. The molecule has 0 radical (unpaired) electrons. The van der Waals surface area contributed by atoms with E-state index in [1.165, 1.54) is 39.2 Å². The molecule has 5 heteroatoms. The second-order valence-corrected chi connectivity index (χ2v) is 9.86. The number of rotatable bonds is 4. The summed E-state index contributed by atoms with van der Waals surface area (Å²) in [7, 11) is 1.52. The quantitative estimate of drug-likeness (QED) is 0.759. The van der Waals surface area contributed by atoms with Crippen LogP contribution in [0.5, 0.6) is 0 Å². The highest BCUT2D eigenvalue weighted by molar-refractivity contribution is 5.90. The van der Waals surface area contributed by atoms with E-state index in [9.17, 15) is 10.0 Å². The molecule has 1 heterocycles. The van der Waals surface area contributed by atoms with E-state index >= 15 is 0 Å². The molecule has 146 valence electrons. The molecule has 0 unspecified atom stereocenters. The zero-order valence-corrected chi connectivity index (χ0v) is 16.6. The van der Waals surface area contributed by atoms with Crippen LogP contribution in [0.25, 0.3) is 0 Å². The van der Waals surface area contributed by atoms with Crippen molar-refractivity contribution in [2.75, 3.05) is 12.1 Å². The number of hydroxylamine groups is 1. The number of benzene rings is 1. The maximum atomic E-state index is 13.1. The van der Waals surface area contributed by atoms with Gasteiger partial charge in [-0.1, -0.05) is 12.1 Å². The van der Waals surface area contributed by atoms with E-state index in [-0.39, 0.29) is 5.91 Å². The van der Waals surface area contributed by atoms with Gasteiger partial charge >= 0.3 is 0 Å². The van der Waals surface area contributed by atoms with Crippen LogP contribution in [0.2, 0.25) is 0 Å². The van der Waals surface area contributed by atoms with E-state index in [2.05, 4.69) is 16.1 Å². The van der Waals surface area contributed by atoms with Crippen molar-refractivity contribution in [2.24, 2.45) is 23.7 Å². The predicted molar refractivity (Wildman–Crippen MR) is 106 cm³/mol. The summed E-state index contributed by atoms with van der Waals surface area (Å²) < 4.78 is 0. The molecular formula is C22H30N3O2-. The molecule has 5 aliphatic rings. The Kier molecular flexibility index (Phi) is 3.86. The van der Waals surface area contributed by atoms with Crippen LogP contribution in [-0.4, -0.2) is 34.6 Å². The molecule has 5 fully saturated rings. The molecule has 4 bridgehead atoms. The van der Waals surface area contributed by atoms with Crippen molar-refractivity contribution in [3.05, 3.63) is 35.0 Å². The van der Waals surface area contributed by atoms with E-state index in [0.717, 1.165) is 22.5 Å². The third kappa shape index (κ3) is 2.62. The van der Waals surface area contributed by atoms with Crippen LogP contribution < -0.4 is 5.06 Å². The minimum Gasteiger partial charge on any atom is -0.758 e. The van der Waals surface area contributed by atoms with Crippen LogP contribution in [0.4, 0.5) is 5.69 Å². The summed E-state index contributed by atoms with van der Waals surface area (Å²) >= 11 is 0. The average molecular weight is 369 g/mol. The number of hydrogen-bond donors (Lipinski definition) is 0. The van der Waals surface area contributed by atoms with Gasteiger partial charge in [-0.2, -0.15) is 5.01 Å². The van der Waals surface area contributed by atoms with Crippen molar-refractivity contribution < 1.29 is 4.79 Å². The van der Waals surface area contributed by atoms with Gasteiger partial charge in [0.05, 0.1) is 6.04 Å². The molecule has 1 aromatic rings. The zero-order chi connectivity index (χ0) is 18.9. The first kappa shape index (κ1) is 17.5. The first-order valence-electron chi connectivity index (χ1n) is 10.5.